The van der Waals surface area contributed by atoms with Crippen LogP contribution in [-0.2, 0) is 0 Å². The van der Waals surface area contributed by atoms with Crippen LogP contribution < -0.4 is 5.32 Å². The topological polar surface area (TPSA) is 52.9 Å². The number of hydrogen-bond donors (Lipinski definition) is 1. The van der Waals surface area contributed by atoms with E-state index in [0.717, 1.165) is 25.3 Å². The largest absolute Gasteiger partial charge is 0.334 e. The number of carbonyl (C=O) groups is 1. The molecule has 100 valence electrons. The quantitative estimate of drug-likeness (QED) is 0.902. The molecule has 0 spiro atoms. The van der Waals surface area contributed by atoms with Crippen LogP contribution in [0.5, 0.6) is 0 Å². The Morgan fingerprint density at radius 1 is 1.37 bits per heavy atom. The van der Waals surface area contributed by atoms with Crippen molar-refractivity contribution in [3.8, 4) is 6.07 Å². The fourth-order valence-corrected chi connectivity index (χ4v) is 2.46. The molecular weight excluding hydrogens is 267 g/mol. The summed E-state index contributed by atoms with van der Waals surface area (Å²) in [4.78, 5) is 12.1. The second-order valence-corrected chi connectivity index (χ2v) is 5.24. The van der Waals surface area contributed by atoms with Gasteiger partial charge in [0.25, 0.3) is 5.91 Å². The van der Waals surface area contributed by atoms with Gasteiger partial charge in [0, 0.05) is 5.56 Å². The molecule has 1 saturated carbocycles. The van der Waals surface area contributed by atoms with Crippen molar-refractivity contribution >= 4 is 17.5 Å². The van der Waals surface area contributed by atoms with Crippen LogP contribution in [0.3, 0.4) is 0 Å². The molecule has 3 nitrogen and oxygen atoms in total. The van der Waals surface area contributed by atoms with E-state index in [9.17, 15) is 14.4 Å². The van der Waals surface area contributed by atoms with Gasteiger partial charge in [0.15, 0.2) is 0 Å². The molecule has 1 amide bonds. The number of hydrogen-bond acceptors (Lipinski definition) is 2. The number of rotatable bonds is 2. The predicted molar refractivity (Wildman–Crippen MR) is 70.3 cm³/mol. The van der Waals surface area contributed by atoms with Crippen LogP contribution in [0.25, 0.3) is 0 Å². The molecule has 0 atom stereocenters. The molecule has 0 aromatic heterocycles. The number of carbonyl (C=O) groups excluding carboxylic acids is 1. The number of nitriles is 1. The van der Waals surface area contributed by atoms with Gasteiger partial charge in [-0.2, -0.15) is 5.26 Å². The van der Waals surface area contributed by atoms with Crippen LogP contribution in [0.15, 0.2) is 18.2 Å². The van der Waals surface area contributed by atoms with Gasteiger partial charge in [0.05, 0.1) is 11.1 Å². The van der Waals surface area contributed by atoms with Gasteiger partial charge in [0.1, 0.15) is 11.4 Å². The molecule has 1 fully saturated rings. The summed E-state index contributed by atoms with van der Waals surface area (Å²) in [7, 11) is 0. The first-order valence-corrected chi connectivity index (χ1v) is 6.63. The van der Waals surface area contributed by atoms with Gasteiger partial charge in [-0.3, -0.25) is 4.79 Å². The lowest BCUT2D eigenvalue weighted by Crippen LogP contribution is -2.48. The van der Waals surface area contributed by atoms with Crippen LogP contribution in [0.1, 0.15) is 42.5 Å². The Hall–Kier alpha value is -1.60. The van der Waals surface area contributed by atoms with Crippen LogP contribution >= 0.6 is 11.6 Å². The van der Waals surface area contributed by atoms with Crippen LogP contribution in [0.2, 0.25) is 5.02 Å². The van der Waals surface area contributed by atoms with E-state index in [1.165, 1.54) is 12.1 Å². The third-order valence-corrected chi connectivity index (χ3v) is 3.76. The zero-order valence-electron chi connectivity index (χ0n) is 10.4. The normalized spacial score (nSPS) is 17.5. The van der Waals surface area contributed by atoms with Crippen LogP contribution in [0.4, 0.5) is 4.39 Å². The minimum Gasteiger partial charge on any atom is -0.334 e. The summed E-state index contributed by atoms with van der Waals surface area (Å²) in [6.45, 7) is 0. The van der Waals surface area contributed by atoms with Gasteiger partial charge in [-0.15, -0.1) is 0 Å². The number of benzene rings is 1. The summed E-state index contributed by atoms with van der Waals surface area (Å²) in [5, 5.41) is 12.0. The summed E-state index contributed by atoms with van der Waals surface area (Å²) in [6, 6.07) is 6.07. The lowest BCUT2D eigenvalue weighted by molar-refractivity contribution is 0.0902. The maximum atomic E-state index is 13.3. The van der Waals surface area contributed by atoms with Gasteiger partial charge < -0.3 is 5.32 Å². The molecule has 1 aromatic carbocycles. The molecule has 1 aromatic rings. The van der Waals surface area contributed by atoms with Gasteiger partial charge in [-0.1, -0.05) is 30.9 Å². The fourth-order valence-electron chi connectivity index (χ4n) is 2.35. The van der Waals surface area contributed by atoms with Crippen molar-refractivity contribution in [3.63, 3.8) is 0 Å². The van der Waals surface area contributed by atoms with E-state index in [0.29, 0.717) is 12.8 Å². The third kappa shape index (κ3) is 3.05. The van der Waals surface area contributed by atoms with Crippen molar-refractivity contribution in [3.05, 3.63) is 34.6 Å². The summed E-state index contributed by atoms with van der Waals surface area (Å²) < 4.78 is 13.3. The van der Waals surface area contributed by atoms with E-state index in [1.54, 1.807) is 0 Å². The van der Waals surface area contributed by atoms with E-state index in [4.69, 9.17) is 11.6 Å². The van der Waals surface area contributed by atoms with E-state index < -0.39 is 17.3 Å². The number of nitrogens with zero attached hydrogens (tertiary/aromatic N) is 1. The van der Waals surface area contributed by atoms with Crippen molar-refractivity contribution < 1.29 is 9.18 Å². The molecular formula is C14H14ClFN2O. The first-order chi connectivity index (χ1) is 9.06. The first kappa shape index (κ1) is 13.8. The Bertz CT molecular complexity index is 533. The SMILES string of the molecule is N#CC1(NC(=O)c2ccc(Cl)c(F)c2)CCCCC1. The van der Waals surface area contributed by atoms with Crippen molar-refractivity contribution in [1.29, 1.82) is 5.26 Å². The molecule has 0 heterocycles. The highest BCUT2D eigenvalue weighted by atomic mass is 35.5. The minimum absolute atomic E-state index is 0.0239. The minimum atomic E-state index is -0.814. The highest BCUT2D eigenvalue weighted by Crippen LogP contribution is 2.28. The Labute approximate surface area is 116 Å². The summed E-state index contributed by atoms with van der Waals surface area (Å²) >= 11 is 5.57. The monoisotopic (exact) mass is 280 g/mol. The van der Waals surface area contributed by atoms with Crippen LogP contribution in [-0.4, -0.2) is 11.4 Å². The molecule has 1 aliphatic rings. The standard InChI is InChI=1S/C14H14ClFN2O/c15-11-5-4-10(8-12(11)16)13(19)18-14(9-17)6-2-1-3-7-14/h4-5,8H,1-3,6-7H2,(H,18,19). The fraction of sp³-hybridized carbons (Fsp3) is 0.429. The summed E-state index contributed by atoms with van der Waals surface area (Å²) in [5.74, 6) is -1.07. The second kappa shape index (κ2) is 5.58. The number of nitrogens with one attached hydrogen (secondary N) is 1. The maximum Gasteiger partial charge on any atom is 0.252 e. The van der Waals surface area contributed by atoms with E-state index in [1.807, 2.05) is 0 Å². The smallest absolute Gasteiger partial charge is 0.252 e. The lowest BCUT2D eigenvalue weighted by Gasteiger charge is -2.31. The molecule has 0 bridgehead atoms. The highest BCUT2D eigenvalue weighted by molar-refractivity contribution is 6.30. The molecule has 1 aliphatic carbocycles. The van der Waals surface area contributed by atoms with Gasteiger partial charge in [-0.05, 0) is 31.0 Å². The number of halogens is 2. The molecule has 19 heavy (non-hydrogen) atoms. The Morgan fingerprint density at radius 2 is 2.05 bits per heavy atom. The summed E-state index contributed by atoms with van der Waals surface area (Å²) in [6.07, 6.45) is 4.21. The summed E-state index contributed by atoms with van der Waals surface area (Å²) in [5.41, 5.74) is -0.632. The Balaban J connectivity index is 2.15. The lowest BCUT2D eigenvalue weighted by atomic mass is 9.82. The van der Waals surface area contributed by atoms with Crippen molar-refractivity contribution in [2.75, 3.05) is 0 Å². The zero-order valence-corrected chi connectivity index (χ0v) is 11.1. The molecule has 5 heteroatoms. The van der Waals surface area contributed by atoms with Gasteiger partial charge in [0.2, 0.25) is 0 Å². The van der Waals surface area contributed by atoms with Crippen LogP contribution in [0, 0.1) is 17.1 Å². The van der Waals surface area contributed by atoms with Crippen molar-refractivity contribution in [2.45, 2.75) is 37.6 Å². The zero-order chi connectivity index (χ0) is 13.9. The molecule has 0 saturated heterocycles. The van der Waals surface area contributed by atoms with E-state index in [-0.39, 0.29) is 10.6 Å². The molecule has 0 radical (unpaired) electrons. The van der Waals surface area contributed by atoms with E-state index >= 15 is 0 Å². The predicted octanol–water partition coefficient (Wildman–Crippen LogP) is 3.44. The Morgan fingerprint density at radius 3 is 2.63 bits per heavy atom. The molecule has 1 N–H and O–H groups in total. The third-order valence-electron chi connectivity index (χ3n) is 3.46. The molecule has 0 unspecified atom stereocenters. The van der Waals surface area contributed by atoms with Crippen molar-refractivity contribution in [2.24, 2.45) is 0 Å². The Kier molecular flexibility index (Phi) is 4.06. The van der Waals surface area contributed by atoms with E-state index in [2.05, 4.69) is 11.4 Å². The highest BCUT2D eigenvalue weighted by Gasteiger charge is 2.33. The molecule has 0 aliphatic heterocycles. The number of amides is 1. The first-order valence-electron chi connectivity index (χ1n) is 6.25. The van der Waals surface area contributed by atoms with Gasteiger partial charge >= 0.3 is 0 Å². The van der Waals surface area contributed by atoms with Crippen molar-refractivity contribution in [1.82, 2.24) is 5.32 Å². The second-order valence-electron chi connectivity index (χ2n) is 4.84. The molecule has 2 rings (SSSR count). The van der Waals surface area contributed by atoms with Gasteiger partial charge in [-0.25, -0.2) is 4.39 Å². The maximum absolute atomic E-state index is 13.3. The average molecular weight is 281 g/mol. The average Bonchev–Trinajstić information content (AvgIpc) is 2.43.